The Kier molecular flexibility index (Phi) is 6.55. The fraction of sp³-hybridized carbons (Fsp3) is 0.312. The van der Waals surface area contributed by atoms with Gasteiger partial charge in [0.25, 0.3) is 11.6 Å². The summed E-state index contributed by atoms with van der Waals surface area (Å²) in [7, 11) is 0. The third-order valence-electron chi connectivity index (χ3n) is 3.55. The fourth-order valence-corrected chi connectivity index (χ4v) is 3.82. The highest BCUT2D eigenvalue weighted by Gasteiger charge is 2.42. The molecule has 0 unspecified atom stereocenters. The number of anilines is 1. The summed E-state index contributed by atoms with van der Waals surface area (Å²) in [5, 5.41) is 10.0. The average Bonchev–Trinajstić information content (AvgIpc) is 2.98. The summed E-state index contributed by atoms with van der Waals surface area (Å²) < 4.78 is 39.9. The number of aryl methyl sites for hydroxylation is 1. The first-order chi connectivity index (χ1) is 13.3. The predicted octanol–water partition coefficient (Wildman–Crippen LogP) is 5.51. The van der Waals surface area contributed by atoms with Gasteiger partial charge in [0.1, 0.15) is 4.88 Å². The first-order valence-electron chi connectivity index (χ1n) is 7.82. The molecular formula is C16H12Cl2F3N3O4S. The maximum absolute atomic E-state index is 13.3. The number of nitro groups is 1. The molecule has 0 aliphatic rings. The smallest absolute Gasteiger partial charge is 0.274 e. The van der Waals surface area contributed by atoms with Gasteiger partial charge in [-0.1, -0.05) is 37.0 Å². The van der Waals surface area contributed by atoms with Crippen LogP contribution in [0.25, 0.3) is 0 Å². The molecule has 13 heteroatoms. The van der Waals surface area contributed by atoms with Crippen LogP contribution in [-0.4, -0.2) is 21.7 Å². The number of rotatable bonds is 4. The number of carbonyl (C=O) groups excluding carboxylic acids is 2. The van der Waals surface area contributed by atoms with Gasteiger partial charge in [-0.15, -0.1) is 11.3 Å². The lowest BCUT2D eigenvalue weighted by atomic mass is 10.1. The summed E-state index contributed by atoms with van der Waals surface area (Å²) in [6, 6.07) is 1.69. The second-order valence-electron chi connectivity index (χ2n) is 6.06. The molecule has 0 N–H and O–H groups in total. The van der Waals surface area contributed by atoms with Gasteiger partial charge in [-0.2, -0.15) is 13.2 Å². The van der Waals surface area contributed by atoms with Crippen LogP contribution in [0.15, 0.2) is 12.1 Å². The van der Waals surface area contributed by atoms with Crippen LogP contribution in [0.4, 0.5) is 24.5 Å². The van der Waals surface area contributed by atoms with Gasteiger partial charge in [0.15, 0.2) is 5.69 Å². The summed E-state index contributed by atoms with van der Waals surface area (Å²) in [6.07, 6.45) is -4.94. The number of benzene rings is 1. The lowest BCUT2D eigenvalue weighted by molar-refractivity contribution is -0.384. The molecule has 1 aromatic heterocycles. The minimum atomic E-state index is -4.94. The Morgan fingerprint density at radius 3 is 2.17 bits per heavy atom. The largest absolute Gasteiger partial charge is 0.435 e. The molecular weight excluding hydrogens is 458 g/mol. The number of thiazole rings is 1. The minimum absolute atomic E-state index is 0.0430. The molecule has 29 heavy (non-hydrogen) atoms. The molecule has 1 aromatic carbocycles. The van der Waals surface area contributed by atoms with Gasteiger partial charge in [0.05, 0.1) is 25.7 Å². The molecule has 2 aromatic rings. The Bertz CT molecular complexity index is 985. The van der Waals surface area contributed by atoms with E-state index < -0.39 is 60.8 Å². The molecule has 0 bridgehead atoms. The summed E-state index contributed by atoms with van der Waals surface area (Å²) in [5.74, 6) is -3.06. The Hall–Kier alpha value is -2.24. The van der Waals surface area contributed by atoms with E-state index in [1.54, 1.807) is 0 Å². The number of halogens is 5. The molecule has 2 rings (SSSR count). The first kappa shape index (κ1) is 23.0. The van der Waals surface area contributed by atoms with Crippen molar-refractivity contribution in [2.24, 2.45) is 5.92 Å². The van der Waals surface area contributed by atoms with Crippen molar-refractivity contribution in [2.45, 2.75) is 26.9 Å². The monoisotopic (exact) mass is 469 g/mol. The van der Waals surface area contributed by atoms with Crippen LogP contribution in [0, 0.1) is 23.0 Å². The molecule has 0 spiro atoms. The van der Waals surface area contributed by atoms with Crippen molar-refractivity contribution in [1.29, 1.82) is 0 Å². The third-order valence-corrected chi connectivity index (χ3v) is 5.09. The Balaban J connectivity index is 2.74. The van der Waals surface area contributed by atoms with E-state index in [4.69, 9.17) is 23.2 Å². The van der Waals surface area contributed by atoms with Gasteiger partial charge in [-0.25, -0.2) is 9.88 Å². The molecule has 0 saturated carbocycles. The van der Waals surface area contributed by atoms with Crippen LogP contribution in [0.1, 0.15) is 34.2 Å². The molecule has 0 saturated heterocycles. The number of carbonyl (C=O) groups is 2. The SMILES string of the molecule is Cc1nc(C(F)(F)F)c(C(=O)N(C(=O)C(C)C)c2c(Cl)cc([N+](=O)[O-])cc2Cl)s1. The summed E-state index contributed by atoms with van der Waals surface area (Å²) in [6.45, 7) is 4.11. The van der Waals surface area contributed by atoms with Crippen LogP contribution < -0.4 is 4.90 Å². The van der Waals surface area contributed by atoms with Crippen molar-refractivity contribution in [3.63, 3.8) is 0 Å². The zero-order chi connectivity index (χ0) is 22.3. The maximum Gasteiger partial charge on any atom is 0.435 e. The van der Waals surface area contributed by atoms with E-state index in [9.17, 15) is 32.9 Å². The average molecular weight is 470 g/mol. The van der Waals surface area contributed by atoms with Crippen molar-refractivity contribution < 1.29 is 27.7 Å². The molecule has 0 radical (unpaired) electrons. The van der Waals surface area contributed by atoms with Crippen molar-refractivity contribution >= 4 is 57.7 Å². The van der Waals surface area contributed by atoms with E-state index in [0.717, 1.165) is 12.1 Å². The van der Waals surface area contributed by atoms with Crippen LogP contribution in [0.5, 0.6) is 0 Å². The van der Waals surface area contributed by atoms with Crippen molar-refractivity contribution in [2.75, 3.05) is 4.90 Å². The van der Waals surface area contributed by atoms with Gasteiger partial charge < -0.3 is 0 Å². The highest BCUT2D eigenvalue weighted by molar-refractivity contribution is 7.14. The van der Waals surface area contributed by atoms with Crippen molar-refractivity contribution in [3.05, 3.63) is 47.9 Å². The first-order valence-corrected chi connectivity index (χ1v) is 9.39. The number of hydrogen-bond donors (Lipinski definition) is 0. The van der Waals surface area contributed by atoms with E-state index in [1.165, 1.54) is 20.8 Å². The summed E-state index contributed by atoms with van der Waals surface area (Å²) in [5.41, 5.74) is -2.40. The number of hydrogen-bond acceptors (Lipinski definition) is 6. The van der Waals surface area contributed by atoms with Crippen LogP contribution in [-0.2, 0) is 11.0 Å². The van der Waals surface area contributed by atoms with Crippen molar-refractivity contribution in [3.8, 4) is 0 Å². The molecule has 1 heterocycles. The lowest BCUT2D eigenvalue weighted by Gasteiger charge is -2.24. The number of non-ortho nitro benzene ring substituents is 1. The highest BCUT2D eigenvalue weighted by Crippen LogP contribution is 2.41. The van der Waals surface area contributed by atoms with E-state index in [-0.39, 0.29) is 5.01 Å². The number of imide groups is 1. The number of aromatic nitrogens is 1. The normalized spacial score (nSPS) is 11.6. The fourth-order valence-electron chi connectivity index (χ4n) is 2.31. The lowest BCUT2D eigenvalue weighted by Crippen LogP contribution is -2.40. The standard InChI is InChI=1S/C16H12Cl2F3N3O4S/c1-6(2)14(25)23(11-9(17)4-8(24(27)28)5-10(11)18)15(26)12-13(16(19,20)21)22-7(3)29-12/h4-6H,1-3H3. The number of nitro benzene ring substituents is 1. The quantitative estimate of drug-likeness (QED) is 0.434. The maximum atomic E-state index is 13.3. The number of nitrogens with zero attached hydrogens (tertiary/aromatic N) is 3. The van der Waals surface area contributed by atoms with E-state index in [1.807, 2.05) is 0 Å². The second-order valence-corrected chi connectivity index (χ2v) is 8.07. The molecule has 7 nitrogen and oxygen atoms in total. The van der Waals surface area contributed by atoms with Gasteiger partial charge >= 0.3 is 6.18 Å². The van der Waals surface area contributed by atoms with Gasteiger partial charge in [-0.05, 0) is 6.92 Å². The summed E-state index contributed by atoms with van der Waals surface area (Å²) >= 11 is 12.5. The van der Waals surface area contributed by atoms with Crippen LogP contribution in [0.3, 0.4) is 0 Å². The second kappa shape index (κ2) is 8.25. The van der Waals surface area contributed by atoms with Crippen molar-refractivity contribution in [1.82, 2.24) is 4.98 Å². The van der Waals surface area contributed by atoms with E-state index in [2.05, 4.69) is 4.98 Å². The summed E-state index contributed by atoms with van der Waals surface area (Å²) in [4.78, 5) is 38.8. The molecule has 2 amide bonds. The molecule has 0 aliphatic heterocycles. The minimum Gasteiger partial charge on any atom is -0.274 e. The Labute approximate surface area is 176 Å². The predicted molar refractivity (Wildman–Crippen MR) is 102 cm³/mol. The zero-order valence-electron chi connectivity index (χ0n) is 15.0. The van der Waals surface area contributed by atoms with Crippen LogP contribution in [0.2, 0.25) is 10.0 Å². The Morgan fingerprint density at radius 1 is 1.24 bits per heavy atom. The third kappa shape index (κ3) is 4.68. The molecule has 0 fully saturated rings. The highest BCUT2D eigenvalue weighted by atomic mass is 35.5. The van der Waals surface area contributed by atoms with Gasteiger partial charge in [0.2, 0.25) is 5.91 Å². The zero-order valence-corrected chi connectivity index (χ0v) is 17.3. The molecule has 0 atom stereocenters. The van der Waals surface area contributed by atoms with E-state index >= 15 is 0 Å². The van der Waals surface area contributed by atoms with Gasteiger partial charge in [0, 0.05) is 18.1 Å². The van der Waals surface area contributed by atoms with Gasteiger partial charge in [-0.3, -0.25) is 19.7 Å². The van der Waals surface area contributed by atoms with E-state index in [0.29, 0.717) is 16.2 Å². The molecule has 156 valence electrons. The Morgan fingerprint density at radius 2 is 1.76 bits per heavy atom. The molecule has 0 aliphatic carbocycles. The topological polar surface area (TPSA) is 93.4 Å². The number of amides is 2. The number of alkyl halides is 3. The van der Waals surface area contributed by atoms with Crippen LogP contribution >= 0.6 is 34.5 Å².